The number of aryl methyl sites for hydroxylation is 2. The molecule has 0 radical (unpaired) electrons. The van der Waals surface area contributed by atoms with Crippen LogP contribution in [0.4, 0.5) is 4.39 Å². The molecule has 0 heterocycles. The van der Waals surface area contributed by atoms with Gasteiger partial charge < -0.3 is 0 Å². The van der Waals surface area contributed by atoms with E-state index in [9.17, 15) is 4.39 Å². The Hall–Kier alpha value is -1.63. The van der Waals surface area contributed by atoms with Gasteiger partial charge in [0, 0.05) is 6.42 Å². The highest BCUT2D eigenvalue weighted by Gasteiger charge is 2.10. The van der Waals surface area contributed by atoms with Gasteiger partial charge in [-0.25, -0.2) is 4.39 Å². The fraction of sp³-hybridized carbons (Fsp3) is 0.400. The van der Waals surface area contributed by atoms with Crippen molar-refractivity contribution in [2.45, 2.75) is 52.1 Å². The zero-order valence-electron chi connectivity index (χ0n) is 13.1. The minimum Gasteiger partial charge on any atom is -0.242 e. The van der Waals surface area contributed by atoms with Crippen LogP contribution in [0, 0.1) is 0 Å². The number of hydrogen-bond donors (Lipinski definition) is 0. The fourth-order valence-electron chi connectivity index (χ4n) is 2.64. The third-order valence-electron chi connectivity index (χ3n) is 3.86. The van der Waals surface area contributed by atoms with Gasteiger partial charge in [-0.15, -0.1) is 0 Å². The molecule has 0 saturated carbocycles. The first-order chi connectivity index (χ1) is 10.2. The van der Waals surface area contributed by atoms with E-state index in [4.69, 9.17) is 0 Å². The molecule has 0 N–H and O–H groups in total. The van der Waals surface area contributed by atoms with Gasteiger partial charge in [-0.3, -0.25) is 0 Å². The summed E-state index contributed by atoms with van der Waals surface area (Å²) in [5.74, 6) is 0. The van der Waals surface area contributed by atoms with Crippen molar-refractivity contribution in [3.63, 3.8) is 0 Å². The second-order valence-electron chi connectivity index (χ2n) is 5.73. The minimum absolute atomic E-state index is 0.458. The maximum absolute atomic E-state index is 14.4. The van der Waals surface area contributed by atoms with Gasteiger partial charge in [0.05, 0.1) is 0 Å². The molecule has 0 bridgehead atoms. The van der Waals surface area contributed by atoms with E-state index in [2.05, 4.69) is 50.2 Å². The average Bonchev–Trinajstić information content (AvgIpc) is 2.50. The lowest BCUT2D eigenvalue weighted by molar-refractivity contribution is 0.342. The summed E-state index contributed by atoms with van der Waals surface area (Å²) < 4.78 is 14.4. The van der Waals surface area contributed by atoms with Crippen LogP contribution in [0.5, 0.6) is 0 Å². The highest BCUT2D eigenvalue weighted by Crippen LogP contribution is 2.23. The largest absolute Gasteiger partial charge is 0.242 e. The molecular formula is C20H25F. The first kappa shape index (κ1) is 15.8. The summed E-state index contributed by atoms with van der Waals surface area (Å²) in [6.07, 6.45) is 3.98. The van der Waals surface area contributed by atoms with Gasteiger partial charge in [-0.2, -0.15) is 0 Å². The summed E-state index contributed by atoms with van der Waals surface area (Å²) in [6, 6.07) is 16.3. The molecular weight excluding hydrogens is 259 g/mol. The van der Waals surface area contributed by atoms with Crippen LogP contribution >= 0.6 is 0 Å². The standard InChI is InChI=1S/C20H25F/c1-3-5-16-7-9-18(10-8-16)15-20(21)19-13-11-17(6-4-2)12-14-19/h7-14,20H,3-6,15H2,1-2H3. The first-order valence-electron chi connectivity index (χ1n) is 8.03. The van der Waals surface area contributed by atoms with Crippen LogP contribution in [-0.4, -0.2) is 0 Å². The Morgan fingerprint density at radius 3 is 1.62 bits per heavy atom. The summed E-state index contributed by atoms with van der Waals surface area (Å²) in [5.41, 5.74) is 4.48. The molecule has 1 atom stereocenters. The molecule has 2 aromatic rings. The second-order valence-corrected chi connectivity index (χ2v) is 5.73. The number of halogens is 1. The second kappa shape index (κ2) is 7.97. The lowest BCUT2D eigenvalue weighted by Gasteiger charge is -2.10. The Bertz CT molecular complexity index is 525. The fourth-order valence-corrected chi connectivity index (χ4v) is 2.64. The summed E-state index contributed by atoms with van der Waals surface area (Å²) in [5, 5.41) is 0. The predicted molar refractivity (Wildman–Crippen MR) is 88.4 cm³/mol. The van der Waals surface area contributed by atoms with E-state index in [1.54, 1.807) is 0 Å². The molecule has 0 fully saturated rings. The summed E-state index contributed by atoms with van der Waals surface area (Å²) in [7, 11) is 0. The van der Waals surface area contributed by atoms with Crippen molar-refractivity contribution in [3.8, 4) is 0 Å². The molecule has 21 heavy (non-hydrogen) atoms. The molecule has 0 aromatic heterocycles. The van der Waals surface area contributed by atoms with Crippen molar-refractivity contribution in [2.75, 3.05) is 0 Å². The number of alkyl halides is 1. The number of rotatable bonds is 7. The van der Waals surface area contributed by atoms with Gasteiger partial charge in [-0.1, -0.05) is 75.2 Å². The molecule has 112 valence electrons. The quantitative estimate of drug-likeness (QED) is 0.598. The lowest BCUT2D eigenvalue weighted by atomic mass is 9.99. The van der Waals surface area contributed by atoms with Gasteiger partial charge in [0.25, 0.3) is 0 Å². The predicted octanol–water partition coefficient (Wildman–Crippen LogP) is 5.84. The summed E-state index contributed by atoms with van der Waals surface area (Å²) in [6.45, 7) is 4.34. The van der Waals surface area contributed by atoms with Gasteiger partial charge >= 0.3 is 0 Å². The smallest absolute Gasteiger partial charge is 0.129 e. The van der Waals surface area contributed by atoms with Crippen molar-refractivity contribution in [1.29, 1.82) is 0 Å². The van der Waals surface area contributed by atoms with Crippen molar-refractivity contribution in [3.05, 3.63) is 70.8 Å². The Morgan fingerprint density at radius 1 is 0.714 bits per heavy atom. The van der Waals surface area contributed by atoms with Gasteiger partial charge in [0.2, 0.25) is 0 Å². The van der Waals surface area contributed by atoms with E-state index in [1.807, 2.05) is 12.1 Å². The zero-order chi connectivity index (χ0) is 15.1. The molecule has 0 nitrogen and oxygen atoms in total. The molecule has 2 rings (SSSR count). The molecule has 0 aliphatic carbocycles. The SMILES string of the molecule is CCCc1ccc(CC(F)c2ccc(CCC)cc2)cc1. The molecule has 1 unspecified atom stereocenters. The first-order valence-corrected chi connectivity index (χ1v) is 8.03. The van der Waals surface area contributed by atoms with Crippen LogP contribution in [0.25, 0.3) is 0 Å². The van der Waals surface area contributed by atoms with Crippen molar-refractivity contribution in [1.82, 2.24) is 0 Å². The Balaban J connectivity index is 1.98. The van der Waals surface area contributed by atoms with Crippen LogP contribution in [0.3, 0.4) is 0 Å². The molecule has 2 aromatic carbocycles. The Morgan fingerprint density at radius 2 is 1.14 bits per heavy atom. The van der Waals surface area contributed by atoms with Gasteiger partial charge in [-0.05, 0) is 35.1 Å². The van der Waals surface area contributed by atoms with E-state index in [1.165, 1.54) is 11.1 Å². The van der Waals surface area contributed by atoms with E-state index < -0.39 is 6.17 Å². The molecule has 0 aliphatic heterocycles. The van der Waals surface area contributed by atoms with E-state index in [0.29, 0.717) is 6.42 Å². The third-order valence-corrected chi connectivity index (χ3v) is 3.86. The minimum atomic E-state index is -0.919. The summed E-state index contributed by atoms with van der Waals surface area (Å²) >= 11 is 0. The van der Waals surface area contributed by atoms with Crippen LogP contribution in [0.2, 0.25) is 0 Å². The lowest BCUT2D eigenvalue weighted by Crippen LogP contribution is -1.98. The molecule has 1 heteroatoms. The molecule has 0 aliphatic rings. The van der Waals surface area contributed by atoms with E-state index >= 15 is 0 Å². The Labute approximate surface area is 128 Å². The molecule has 0 spiro atoms. The van der Waals surface area contributed by atoms with Crippen molar-refractivity contribution >= 4 is 0 Å². The molecule has 0 saturated heterocycles. The number of benzene rings is 2. The Kier molecular flexibility index (Phi) is 5.98. The topological polar surface area (TPSA) is 0 Å². The zero-order valence-corrected chi connectivity index (χ0v) is 13.1. The van der Waals surface area contributed by atoms with Crippen LogP contribution < -0.4 is 0 Å². The van der Waals surface area contributed by atoms with Gasteiger partial charge in [0.15, 0.2) is 0 Å². The van der Waals surface area contributed by atoms with Crippen molar-refractivity contribution in [2.24, 2.45) is 0 Å². The van der Waals surface area contributed by atoms with E-state index in [0.717, 1.165) is 36.8 Å². The summed E-state index contributed by atoms with van der Waals surface area (Å²) in [4.78, 5) is 0. The average molecular weight is 284 g/mol. The van der Waals surface area contributed by atoms with Crippen LogP contribution in [0.15, 0.2) is 48.5 Å². The normalized spacial score (nSPS) is 12.3. The number of hydrogen-bond acceptors (Lipinski definition) is 0. The van der Waals surface area contributed by atoms with Gasteiger partial charge in [0.1, 0.15) is 6.17 Å². The van der Waals surface area contributed by atoms with Crippen LogP contribution in [-0.2, 0) is 19.3 Å². The molecule has 0 amide bonds. The monoisotopic (exact) mass is 284 g/mol. The maximum Gasteiger partial charge on any atom is 0.129 e. The third kappa shape index (κ3) is 4.70. The highest BCUT2D eigenvalue weighted by atomic mass is 19.1. The maximum atomic E-state index is 14.4. The van der Waals surface area contributed by atoms with Crippen LogP contribution in [0.1, 0.15) is 55.1 Å². The van der Waals surface area contributed by atoms with E-state index in [-0.39, 0.29) is 0 Å². The van der Waals surface area contributed by atoms with Crippen molar-refractivity contribution < 1.29 is 4.39 Å². The highest BCUT2D eigenvalue weighted by molar-refractivity contribution is 5.28.